The van der Waals surface area contributed by atoms with Crippen molar-refractivity contribution in [1.82, 2.24) is 25.2 Å². The van der Waals surface area contributed by atoms with Gasteiger partial charge in [0.15, 0.2) is 0 Å². The normalized spacial score (nSPS) is 20.1. The first-order valence-corrected chi connectivity index (χ1v) is 15.4. The molecule has 0 saturated carbocycles. The van der Waals surface area contributed by atoms with Crippen LogP contribution in [0.25, 0.3) is 0 Å². The van der Waals surface area contributed by atoms with Crippen LogP contribution < -0.4 is 16.0 Å². The number of esters is 1. The van der Waals surface area contributed by atoms with Gasteiger partial charge < -0.3 is 25.6 Å². The van der Waals surface area contributed by atoms with Crippen molar-refractivity contribution in [3.8, 4) is 0 Å². The Morgan fingerprint density at radius 3 is 2.07 bits per heavy atom. The van der Waals surface area contributed by atoms with Crippen LogP contribution in [0.4, 0.5) is 13.6 Å². The second-order valence-electron chi connectivity index (χ2n) is 12.8. The van der Waals surface area contributed by atoms with E-state index in [1.807, 2.05) is 20.8 Å². The Balaban J connectivity index is 3.26. The summed E-state index contributed by atoms with van der Waals surface area (Å²) in [5, 5.41) is 7.76. The number of methoxy groups -OCH3 is 1. The molecular weight excluding hydrogens is 576 g/mol. The fourth-order valence-corrected chi connectivity index (χ4v) is 4.83. The summed E-state index contributed by atoms with van der Waals surface area (Å²) < 4.78 is 55.8. The maximum atomic E-state index is 13.9. The number of nitrogens with one attached hydrogen (secondary N) is 3. The number of rotatable bonds is 12. The van der Waals surface area contributed by atoms with Gasteiger partial charge in [-0.2, -0.15) is 0 Å². The first kappa shape index (κ1) is 37.2. The van der Waals surface area contributed by atoms with Gasteiger partial charge in [-0.1, -0.05) is 47.6 Å². The molecule has 0 aliphatic carbocycles. The van der Waals surface area contributed by atoms with Gasteiger partial charge in [0.1, 0.15) is 18.1 Å². The summed E-state index contributed by atoms with van der Waals surface area (Å²) >= 11 is 0. The van der Waals surface area contributed by atoms with E-state index in [0.29, 0.717) is 0 Å². The number of carbonyl (C=O) groups is 4. The third-order valence-electron chi connectivity index (χ3n) is 7.21. The highest BCUT2D eigenvalue weighted by atomic mass is 32.2. The Morgan fingerprint density at radius 2 is 1.64 bits per heavy atom. The molecule has 0 aromatic carbocycles. The highest BCUT2D eigenvalue weighted by Crippen LogP contribution is 2.29. The molecule has 15 heteroatoms. The highest BCUT2D eigenvalue weighted by molar-refractivity contribution is 7.88. The van der Waals surface area contributed by atoms with Crippen LogP contribution in [0.2, 0.25) is 0 Å². The van der Waals surface area contributed by atoms with E-state index >= 15 is 0 Å². The van der Waals surface area contributed by atoms with Crippen molar-refractivity contribution in [2.45, 2.75) is 85.0 Å². The number of nitrogens with zero attached hydrogens (tertiary/aromatic N) is 2. The van der Waals surface area contributed by atoms with Crippen molar-refractivity contribution in [2.75, 3.05) is 33.5 Å². The second kappa shape index (κ2) is 14.6. The number of hydrogen-bond donors (Lipinski definition) is 3. The van der Waals surface area contributed by atoms with Gasteiger partial charge in [-0.15, -0.1) is 6.58 Å². The van der Waals surface area contributed by atoms with Crippen LogP contribution in [0.3, 0.4) is 0 Å². The predicted octanol–water partition coefficient (Wildman–Crippen LogP) is 1.72. The largest absolute Gasteiger partial charge is 0.467 e. The van der Waals surface area contributed by atoms with Gasteiger partial charge in [0.25, 0.3) is 0 Å². The van der Waals surface area contributed by atoms with Gasteiger partial charge >= 0.3 is 12.0 Å². The SMILES string of the molecule is C=C[C@@H]1C[C@@H](C(=O)N[C@@H](CC(F)F)C(=O)OC)N(C(=O)[C@@H](NC(=O)N[C@H](CN(C)S(C)(=O)=O)C(C)(C)C)C(C)(C)C)C1. The Labute approximate surface area is 248 Å². The van der Waals surface area contributed by atoms with Crippen LogP contribution in [0.1, 0.15) is 54.4 Å². The lowest BCUT2D eigenvalue weighted by atomic mass is 9.85. The molecule has 1 fully saturated rings. The lowest BCUT2D eigenvalue weighted by molar-refractivity contribution is -0.148. The Bertz CT molecular complexity index is 1110. The smallest absolute Gasteiger partial charge is 0.328 e. The van der Waals surface area contributed by atoms with E-state index in [0.717, 1.165) is 17.7 Å². The number of urea groups is 1. The molecule has 1 aliphatic rings. The molecule has 0 unspecified atom stereocenters. The van der Waals surface area contributed by atoms with E-state index in [1.165, 1.54) is 11.9 Å². The monoisotopic (exact) mass is 623 g/mol. The van der Waals surface area contributed by atoms with Gasteiger partial charge in [0.2, 0.25) is 28.3 Å². The number of sulfonamides is 1. The number of amides is 4. The molecule has 1 saturated heterocycles. The fraction of sp³-hybridized carbons (Fsp3) is 0.778. The van der Waals surface area contributed by atoms with Gasteiger partial charge in [0.05, 0.1) is 13.4 Å². The summed E-state index contributed by atoms with van der Waals surface area (Å²) in [6.45, 7) is 14.5. The van der Waals surface area contributed by atoms with Crippen LogP contribution >= 0.6 is 0 Å². The molecule has 0 radical (unpaired) electrons. The number of likely N-dealkylation sites (N-methyl/N-ethyl adjacent to an activating group) is 1. The quantitative estimate of drug-likeness (QED) is 0.221. The van der Waals surface area contributed by atoms with Gasteiger partial charge in [-0.25, -0.2) is 31.1 Å². The second-order valence-corrected chi connectivity index (χ2v) is 14.9. The predicted molar refractivity (Wildman–Crippen MR) is 154 cm³/mol. The molecule has 0 bridgehead atoms. The van der Waals surface area contributed by atoms with E-state index in [9.17, 15) is 36.4 Å². The van der Waals surface area contributed by atoms with Crippen LogP contribution in [0.15, 0.2) is 12.7 Å². The molecule has 4 amide bonds. The number of ether oxygens (including phenoxy) is 1. The Kier molecular flexibility index (Phi) is 12.9. The molecule has 1 rings (SSSR count). The summed E-state index contributed by atoms with van der Waals surface area (Å²) in [5.41, 5.74) is -1.39. The number of alkyl halides is 2. The number of halogens is 2. The summed E-state index contributed by atoms with van der Waals surface area (Å²) in [5.74, 6) is -2.74. The molecule has 1 aliphatic heterocycles. The molecular formula is C27H47F2N5O7S. The highest BCUT2D eigenvalue weighted by Gasteiger charge is 2.45. The molecule has 242 valence electrons. The number of carbonyl (C=O) groups excluding carboxylic acids is 4. The minimum Gasteiger partial charge on any atom is -0.467 e. The zero-order chi connectivity index (χ0) is 32.8. The maximum Gasteiger partial charge on any atom is 0.328 e. The van der Waals surface area contributed by atoms with E-state index < -0.39 is 81.7 Å². The van der Waals surface area contributed by atoms with Crippen molar-refractivity contribution in [1.29, 1.82) is 0 Å². The van der Waals surface area contributed by atoms with E-state index in [4.69, 9.17) is 0 Å². The maximum absolute atomic E-state index is 13.9. The Morgan fingerprint density at radius 1 is 1.07 bits per heavy atom. The topological polar surface area (TPSA) is 154 Å². The zero-order valence-electron chi connectivity index (χ0n) is 26.0. The van der Waals surface area contributed by atoms with Gasteiger partial charge in [-0.3, -0.25) is 9.59 Å². The zero-order valence-corrected chi connectivity index (χ0v) is 26.8. The van der Waals surface area contributed by atoms with E-state index in [1.54, 1.807) is 26.8 Å². The Hall–Kier alpha value is -2.81. The van der Waals surface area contributed by atoms with E-state index in [2.05, 4.69) is 27.3 Å². The lowest BCUT2D eigenvalue weighted by Gasteiger charge is -2.37. The molecule has 12 nitrogen and oxygen atoms in total. The molecule has 3 N–H and O–H groups in total. The standard InChI is InChI=1S/C27H47F2N5O7S/c1-11-16-12-18(22(35)30-17(13-20(28)29)24(37)41-9)34(14-16)23(36)21(27(5,6)7)32-25(38)31-19(26(2,3)4)15-33(8)42(10,39)40/h11,16-21H,1,12-15H2,2-10H3,(H,30,35)(H2,31,32,38)/t16-,17+,18+,19-,21-/m1/s1. The molecule has 1 heterocycles. The van der Waals surface area contributed by atoms with Crippen molar-refractivity contribution < 1.29 is 41.1 Å². The van der Waals surface area contributed by atoms with Crippen LogP contribution in [-0.4, -0.2) is 106 Å². The summed E-state index contributed by atoms with van der Waals surface area (Å²) in [7, 11) is -1.11. The minimum absolute atomic E-state index is 0.0146. The summed E-state index contributed by atoms with van der Waals surface area (Å²) in [6, 6.07) is -5.21. The molecule has 0 aromatic rings. The average molecular weight is 624 g/mol. The number of likely N-dealkylation sites (tertiary alicyclic amines) is 1. The van der Waals surface area contributed by atoms with Crippen molar-refractivity contribution in [2.24, 2.45) is 16.7 Å². The average Bonchev–Trinajstić information content (AvgIpc) is 3.28. The molecule has 42 heavy (non-hydrogen) atoms. The van der Waals surface area contributed by atoms with Crippen molar-refractivity contribution in [3.05, 3.63) is 12.7 Å². The van der Waals surface area contributed by atoms with Crippen LogP contribution in [0, 0.1) is 16.7 Å². The summed E-state index contributed by atoms with van der Waals surface area (Å²) in [6.07, 6.45) is -1.08. The first-order chi connectivity index (χ1) is 19.0. The lowest BCUT2D eigenvalue weighted by Crippen LogP contribution is -2.61. The van der Waals surface area contributed by atoms with Gasteiger partial charge in [-0.05, 0) is 23.2 Å². The van der Waals surface area contributed by atoms with Crippen LogP contribution in [0.5, 0.6) is 0 Å². The van der Waals surface area contributed by atoms with Crippen molar-refractivity contribution in [3.63, 3.8) is 0 Å². The van der Waals surface area contributed by atoms with E-state index in [-0.39, 0.29) is 25.4 Å². The van der Waals surface area contributed by atoms with Crippen molar-refractivity contribution >= 4 is 33.8 Å². The van der Waals surface area contributed by atoms with Crippen LogP contribution in [-0.2, 0) is 29.1 Å². The fourth-order valence-electron chi connectivity index (χ4n) is 4.41. The molecule has 0 aromatic heterocycles. The molecule has 5 atom stereocenters. The van der Waals surface area contributed by atoms with Gasteiger partial charge in [0, 0.05) is 32.6 Å². The third-order valence-corrected chi connectivity index (χ3v) is 8.49. The minimum atomic E-state index is -3.53. The molecule has 0 spiro atoms. The third kappa shape index (κ3) is 10.8. The number of hydrogen-bond acceptors (Lipinski definition) is 7. The summed E-state index contributed by atoms with van der Waals surface area (Å²) in [4.78, 5) is 53.6. The first-order valence-electron chi connectivity index (χ1n) is 13.6.